The number of nitrogen functional groups attached to an aromatic ring is 1. The molecule has 0 atom stereocenters. The normalized spacial score (nSPS) is 10.4. The van der Waals surface area contributed by atoms with E-state index in [-0.39, 0.29) is 5.82 Å². The first kappa shape index (κ1) is 10.7. The topological polar surface area (TPSA) is 26.0 Å². The molecule has 0 aliphatic carbocycles. The van der Waals surface area contributed by atoms with E-state index >= 15 is 0 Å². The average Bonchev–Trinajstić information content (AvgIpc) is 2.25. The third-order valence-electron chi connectivity index (χ3n) is 2.70. The first-order chi connectivity index (χ1) is 7.58. The summed E-state index contributed by atoms with van der Waals surface area (Å²) in [7, 11) is 0. The van der Waals surface area contributed by atoms with E-state index in [2.05, 4.69) is 0 Å². The number of benzene rings is 2. The van der Waals surface area contributed by atoms with Gasteiger partial charge in [-0.25, -0.2) is 4.39 Å². The highest BCUT2D eigenvalue weighted by Gasteiger charge is 2.07. The Morgan fingerprint density at radius 1 is 0.938 bits per heavy atom. The van der Waals surface area contributed by atoms with E-state index < -0.39 is 0 Å². The molecule has 82 valence electrons. The van der Waals surface area contributed by atoms with Crippen molar-refractivity contribution in [2.45, 2.75) is 13.8 Å². The van der Waals surface area contributed by atoms with Gasteiger partial charge in [-0.1, -0.05) is 23.8 Å². The van der Waals surface area contributed by atoms with Gasteiger partial charge >= 0.3 is 0 Å². The fraction of sp³-hybridized carbons (Fsp3) is 0.143. The van der Waals surface area contributed by atoms with Gasteiger partial charge in [0, 0.05) is 11.3 Å². The van der Waals surface area contributed by atoms with Crippen LogP contribution in [0.3, 0.4) is 0 Å². The van der Waals surface area contributed by atoms with E-state index in [1.807, 2.05) is 32.0 Å². The Balaban J connectivity index is 2.66. The van der Waals surface area contributed by atoms with Gasteiger partial charge < -0.3 is 5.73 Å². The Kier molecular flexibility index (Phi) is 2.65. The molecule has 2 heteroatoms. The molecule has 0 saturated carbocycles. The van der Waals surface area contributed by atoms with Crippen LogP contribution in [0.5, 0.6) is 0 Å². The van der Waals surface area contributed by atoms with Crippen LogP contribution in [0.25, 0.3) is 11.1 Å². The molecular formula is C14H14FN. The number of nitrogens with two attached hydrogens (primary N) is 1. The largest absolute Gasteiger partial charge is 0.398 e. The van der Waals surface area contributed by atoms with Gasteiger partial charge in [0.1, 0.15) is 5.82 Å². The number of aryl methyl sites for hydroxylation is 2. The maximum atomic E-state index is 13.2. The van der Waals surface area contributed by atoms with Crippen LogP contribution in [0.4, 0.5) is 10.1 Å². The summed E-state index contributed by atoms with van der Waals surface area (Å²) >= 11 is 0. The predicted molar refractivity (Wildman–Crippen MR) is 65.7 cm³/mol. The van der Waals surface area contributed by atoms with Gasteiger partial charge in [0.05, 0.1) is 0 Å². The summed E-state index contributed by atoms with van der Waals surface area (Å²) in [5.41, 5.74) is 10.5. The molecule has 0 aliphatic heterocycles. The molecule has 0 heterocycles. The van der Waals surface area contributed by atoms with Crippen molar-refractivity contribution in [2.24, 2.45) is 0 Å². The van der Waals surface area contributed by atoms with Gasteiger partial charge in [-0.2, -0.15) is 0 Å². The van der Waals surface area contributed by atoms with Gasteiger partial charge in [0.2, 0.25) is 0 Å². The summed E-state index contributed by atoms with van der Waals surface area (Å²) in [5.74, 6) is -0.259. The molecule has 0 aromatic heterocycles. The minimum absolute atomic E-state index is 0.259. The molecule has 0 aliphatic rings. The Morgan fingerprint density at radius 3 is 2.44 bits per heavy atom. The molecule has 16 heavy (non-hydrogen) atoms. The highest BCUT2D eigenvalue weighted by atomic mass is 19.1. The number of anilines is 1. The molecule has 0 amide bonds. The van der Waals surface area contributed by atoms with Crippen LogP contribution in [-0.2, 0) is 0 Å². The van der Waals surface area contributed by atoms with E-state index in [1.54, 1.807) is 6.07 Å². The minimum Gasteiger partial charge on any atom is -0.398 e. The molecule has 2 N–H and O–H groups in total. The number of hydrogen-bond donors (Lipinski definition) is 1. The molecule has 0 bridgehead atoms. The molecule has 0 spiro atoms. The lowest BCUT2D eigenvalue weighted by atomic mass is 9.97. The smallest absolute Gasteiger partial charge is 0.123 e. The van der Waals surface area contributed by atoms with E-state index in [0.717, 1.165) is 22.3 Å². The summed E-state index contributed by atoms with van der Waals surface area (Å²) in [6.45, 7) is 4.01. The quantitative estimate of drug-likeness (QED) is 0.721. The van der Waals surface area contributed by atoms with Gasteiger partial charge in [0.15, 0.2) is 0 Å². The van der Waals surface area contributed by atoms with Gasteiger partial charge in [-0.15, -0.1) is 0 Å². The van der Waals surface area contributed by atoms with E-state index in [0.29, 0.717) is 5.69 Å². The van der Waals surface area contributed by atoms with E-state index in [1.165, 1.54) is 12.1 Å². The summed E-state index contributed by atoms with van der Waals surface area (Å²) in [6, 6.07) is 10.6. The zero-order chi connectivity index (χ0) is 11.7. The third-order valence-corrected chi connectivity index (χ3v) is 2.70. The second kappa shape index (κ2) is 3.97. The van der Waals surface area contributed by atoms with Crippen molar-refractivity contribution >= 4 is 5.69 Å². The molecule has 0 radical (unpaired) electrons. The van der Waals surface area contributed by atoms with Crippen molar-refractivity contribution in [1.29, 1.82) is 0 Å². The highest BCUT2D eigenvalue weighted by molar-refractivity contribution is 5.78. The van der Waals surface area contributed by atoms with Crippen LogP contribution in [0.2, 0.25) is 0 Å². The fourth-order valence-corrected chi connectivity index (χ4v) is 1.79. The molecule has 1 nitrogen and oxygen atoms in total. The molecule has 0 saturated heterocycles. The Hall–Kier alpha value is -1.83. The van der Waals surface area contributed by atoms with Crippen molar-refractivity contribution in [2.75, 3.05) is 5.73 Å². The fourth-order valence-electron chi connectivity index (χ4n) is 1.79. The molecule has 0 fully saturated rings. The number of rotatable bonds is 1. The van der Waals surface area contributed by atoms with Crippen LogP contribution in [0.15, 0.2) is 36.4 Å². The van der Waals surface area contributed by atoms with Crippen molar-refractivity contribution in [3.8, 4) is 11.1 Å². The van der Waals surface area contributed by atoms with E-state index in [9.17, 15) is 4.39 Å². The highest BCUT2D eigenvalue weighted by Crippen LogP contribution is 2.30. The average molecular weight is 215 g/mol. The first-order valence-electron chi connectivity index (χ1n) is 5.20. The van der Waals surface area contributed by atoms with Crippen molar-refractivity contribution in [1.82, 2.24) is 0 Å². The zero-order valence-electron chi connectivity index (χ0n) is 9.42. The first-order valence-corrected chi connectivity index (χ1v) is 5.20. The van der Waals surface area contributed by atoms with Gasteiger partial charge in [0.25, 0.3) is 0 Å². The summed E-state index contributed by atoms with van der Waals surface area (Å²) in [5, 5.41) is 0. The van der Waals surface area contributed by atoms with Crippen LogP contribution >= 0.6 is 0 Å². The summed E-state index contributed by atoms with van der Waals surface area (Å²) < 4.78 is 13.2. The Bertz CT molecular complexity index is 483. The van der Waals surface area contributed by atoms with Crippen molar-refractivity contribution in [3.63, 3.8) is 0 Å². The van der Waals surface area contributed by atoms with Crippen molar-refractivity contribution < 1.29 is 4.39 Å². The maximum Gasteiger partial charge on any atom is 0.123 e. The Morgan fingerprint density at radius 2 is 1.69 bits per heavy atom. The van der Waals surface area contributed by atoms with Crippen LogP contribution in [0, 0.1) is 19.7 Å². The SMILES string of the molecule is Cc1ccc(C)c(-c2cc(F)ccc2N)c1. The maximum absolute atomic E-state index is 13.2. The predicted octanol–water partition coefficient (Wildman–Crippen LogP) is 3.69. The van der Waals surface area contributed by atoms with Crippen molar-refractivity contribution in [3.05, 3.63) is 53.3 Å². The molecule has 2 aromatic carbocycles. The second-order valence-corrected chi connectivity index (χ2v) is 4.05. The number of hydrogen-bond acceptors (Lipinski definition) is 1. The molecule has 2 rings (SSSR count). The van der Waals surface area contributed by atoms with Gasteiger partial charge in [-0.3, -0.25) is 0 Å². The van der Waals surface area contributed by atoms with Crippen LogP contribution in [-0.4, -0.2) is 0 Å². The zero-order valence-corrected chi connectivity index (χ0v) is 9.42. The third kappa shape index (κ3) is 1.91. The van der Waals surface area contributed by atoms with E-state index in [4.69, 9.17) is 5.73 Å². The monoisotopic (exact) mass is 215 g/mol. The lowest BCUT2D eigenvalue weighted by molar-refractivity contribution is 0.628. The lowest BCUT2D eigenvalue weighted by Crippen LogP contribution is -1.93. The Labute approximate surface area is 94.7 Å². The summed E-state index contributed by atoms with van der Waals surface area (Å²) in [4.78, 5) is 0. The summed E-state index contributed by atoms with van der Waals surface area (Å²) in [6.07, 6.45) is 0. The minimum atomic E-state index is -0.259. The number of halogens is 1. The molecule has 0 unspecified atom stereocenters. The standard InChI is InChI=1S/C14H14FN/c1-9-3-4-10(2)12(7-9)13-8-11(15)5-6-14(13)16/h3-8H,16H2,1-2H3. The molecule has 2 aromatic rings. The second-order valence-electron chi connectivity index (χ2n) is 4.05. The van der Waals surface area contributed by atoms with Gasteiger partial charge in [-0.05, 0) is 43.2 Å². The lowest BCUT2D eigenvalue weighted by Gasteiger charge is -2.10. The van der Waals surface area contributed by atoms with Crippen LogP contribution in [0.1, 0.15) is 11.1 Å². The van der Waals surface area contributed by atoms with Crippen LogP contribution < -0.4 is 5.73 Å². The molecular weight excluding hydrogens is 201 g/mol.